The SMILES string of the molecule is CCN(CC)CCOc1ccc(C(C)c2ccc(Cl)cc2)cc1. The predicted octanol–water partition coefficient (Wildman–Crippen LogP) is 5.21. The molecule has 124 valence electrons. The molecule has 0 N–H and O–H groups in total. The van der Waals surface area contributed by atoms with Gasteiger partial charge in [0.25, 0.3) is 0 Å². The molecule has 0 amide bonds. The van der Waals surface area contributed by atoms with Crippen molar-refractivity contribution in [2.24, 2.45) is 0 Å². The Morgan fingerprint density at radius 1 is 0.913 bits per heavy atom. The van der Waals surface area contributed by atoms with Crippen molar-refractivity contribution < 1.29 is 4.74 Å². The van der Waals surface area contributed by atoms with E-state index in [2.05, 4.69) is 62.1 Å². The van der Waals surface area contributed by atoms with Crippen LogP contribution in [0.2, 0.25) is 5.02 Å². The number of ether oxygens (including phenoxy) is 1. The molecule has 0 saturated carbocycles. The molecule has 0 aliphatic heterocycles. The van der Waals surface area contributed by atoms with E-state index < -0.39 is 0 Å². The highest BCUT2D eigenvalue weighted by atomic mass is 35.5. The van der Waals surface area contributed by atoms with E-state index in [1.165, 1.54) is 11.1 Å². The minimum absolute atomic E-state index is 0.344. The molecule has 2 rings (SSSR count). The van der Waals surface area contributed by atoms with Gasteiger partial charge < -0.3 is 9.64 Å². The molecule has 0 aliphatic carbocycles. The van der Waals surface area contributed by atoms with Gasteiger partial charge in [0.15, 0.2) is 0 Å². The van der Waals surface area contributed by atoms with Crippen molar-refractivity contribution >= 4 is 11.6 Å². The fourth-order valence-electron chi connectivity index (χ4n) is 2.63. The molecule has 0 radical (unpaired) electrons. The summed E-state index contributed by atoms with van der Waals surface area (Å²) < 4.78 is 5.84. The topological polar surface area (TPSA) is 12.5 Å². The number of halogens is 1. The lowest BCUT2D eigenvalue weighted by Gasteiger charge is -2.18. The molecule has 3 heteroatoms. The predicted molar refractivity (Wildman–Crippen MR) is 98.7 cm³/mol. The van der Waals surface area contributed by atoms with Crippen LogP contribution in [0.5, 0.6) is 5.75 Å². The molecule has 1 unspecified atom stereocenters. The van der Waals surface area contributed by atoms with E-state index in [0.717, 1.165) is 37.0 Å². The van der Waals surface area contributed by atoms with Crippen LogP contribution in [0.15, 0.2) is 48.5 Å². The highest BCUT2D eigenvalue weighted by Crippen LogP contribution is 2.26. The van der Waals surface area contributed by atoms with Gasteiger partial charge in [0.1, 0.15) is 12.4 Å². The first-order chi connectivity index (χ1) is 11.1. The number of likely N-dealkylation sites (N-methyl/N-ethyl adjacent to an activating group) is 1. The summed E-state index contributed by atoms with van der Waals surface area (Å²) in [5, 5.41) is 0.776. The summed E-state index contributed by atoms with van der Waals surface area (Å²) in [6.45, 7) is 10.4. The van der Waals surface area contributed by atoms with Crippen LogP contribution in [0.25, 0.3) is 0 Å². The molecular weight excluding hydrogens is 306 g/mol. The average molecular weight is 332 g/mol. The third kappa shape index (κ3) is 5.26. The van der Waals surface area contributed by atoms with Crippen molar-refractivity contribution in [1.29, 1.82) is 0 Å². The monoisotopic (exact) mass is 331 g/mol. The van der Waals surface area contributed by atoms with E-state index in [1.54, 1.807) is 0 Å². The highest BCUT2D eigenvalue weighted by molar-refractivity contribution is 6.30. The van der Waals surface area contributed by atoms with Crippen LogP contribution in [-0.4, -0.2) is 31.1 Å². The quantitative estimate of drug-likeness (QED) is 0.658. The fourth-order valence-corrected chi connectivity index (χ4v) is 2.76. The Morgan fingerprint density at radius 3 is 1.96 bits per heavy atom. The van der Waals surface area contributed by atoms with Crippen molar-refractivity contribution in [3.8, 4) is 5.75 Å². The van der Waals surface area contributed by atoms with E-state index in [0.29, 0.717) is 5.92 Å². The Morgan fingerprint density at radius 2 is 1.43 bits per heavy atom. The second kappa shape index (κ2) is 8.95. The maximum absolute atomic E-state index is 5.95. The van der Waals surface area contributed by atoms with Gasteiger partial charge in [-0.3, -0.25) is 0 Å². The Bertz CT molecular complexity index is 576. The normalized spacial score (nSPS) is 12.4. The summed E-state index contributed by atoms with van der Waals surface area (Å²) in [6.07, 6.45) is 0. The molecule has 0 spiro atoms. The second-order valence-corrected chi connectivity index (χ2v) is 6.15. The molecule has 0 fully saturated rings. The van der Waals surface area contributed by atoms with Crippen molar-refractivity contribution in [1.82, 2.24) is 4.90 Å². The Balaban J connectivity index is 1.92. The van der Waals surface area contributed by atoms with E-state index >= 15 is 0 Å². The summed E-state index contributed by atoms with van der Waals surface area (Å²) in [4.78, 5) is 2.36. The molecule has 23 heavy (non-hydrogen) atoms. The third-order valence-corrected chi connectivity index (χ3v) is 4.57. The number of rotatable bonds is 8. The molecule has 0 aromatic heterocycles. The lowest BCUT2D eigenvalue weighted by atomic mass is 9.93. The Labute approximate surface area is 145 Å². The van der Waals surface area contributed by atoms with Crippen LogP contribution in [0.4, 0.5) is 0 Å². The summed E-state index contributed by atoms with van der Waals surface area (Å²) in [5.41, 5.74) is 2.55. The smallest absolute Gasteiger partial charge is 0.119 e. The first-order valence-corrected chi connectivity index (χ1v) is 8.72. The van der Waals surface area contributed by atoms with Crippen LogP contribution in [-0.2, 0) is 0 Å². The fraction of sp³-hybridized carbons (Fsp3) is 0.400. The van der Waals surface area contributed by atoms with E-state index in [9.17, 15) is 0 Å². The maximum Gasteiger partial charge on any atom is 0.119 e. The van der Waals surface area contributed by atoms with E-state index in [1.807, 2.05) is 12.1 Å². The van der Waals surface area contributed by atoms with Gasteiger partial charge in [0.2, 0.25) is 0 Å². The summed E-state index contributed by atoms with van der Waals surface area (Å²) in [5.74, 6) is 1.28. The maximum atomic E-state index is 5.95. The lowest BCUT2D eigenvalue weighted by molar-refractivity contribution is 0.223. The minimum atomic E-state index is 0.344. The molecule has 0 heterocycles. The van der Waals surface area contributed by atoms with Gasteiger partial charge in [-0.25, -0.2) is 0 Å². The van der Waals surface area contributed by atoms with Crippen molar-refractivity contribution in [3.63, 3.8) is 0 Å². The highest BCUT2D eigenvalue weighted by Gasteiger charge is 2.08. The molecule has 0 saturated heterocycles. The molecule has 1 atom stereocenters. The second-order valence-electron chi connectivity index (χ2n) is 5.72. The van der Waals surface area contributed by atoms with Gasteiger partial charge in [-0.05, 0) is 48.5 Å². The average Bonchev–Trinajstić information content (AvgIpc) is 2.59. The van der Waals surface area contributed by atoms with Gasteiger partial charge in [-0.1, -0.05) is 56.6 Å². The van der Waals surface area contributed by atoms with Crippen LogP contribution < -0.4 is 4.74 Å². The van der Waals surface area contributed by atoms with Crippen LogP contribution in [0.1, 0.15) is 37.8 Å². The molecule has 0 aliphatic rings. The third-order valence-electron chi connectivity index (χ3n) is 4.32. The van der Waals surface area contributed by atoms with Crippen LogP contribution in [0.3, 0.4) is 0 Å². The van der Waals surface area contributed by atoms with Crippen LogP contribution >= 0.6 is 11.6 Å². The first kappa shape index (κ1) is 17.8. The molecule has 0 bridgehead atoms. The molecular formula is C20H26ClNO. The van der Waals surface area contributed by atoms with Gasteiger partial charge in [-0.15, -0.1) is 0 Å². The molecule has 2 nitrogen and oxygen atoms in total. The summed E-state index contributed by atoms with van der Waals surface area (Å²) >= 11 is 5.95. The summed E-state index contributed by atoms with van der Waals surface area (Å²) in [7, 11) is 0. The zero-order valence-electron chi connectivity index (χ0n) is 14.3. The first-order valence-electron chi connectivity index (χ1n) is 8.34. The number of benzene rings is 2. The van der Waals surface area contributed by atoms with Gasteiger partial charge >= 0.3 is 0 Å². The summed E-state index contributed by atoms with van der Waals surface area (Å²) in [6, 6.07) is 16.5. The van der Waals surface area contributed by atoms with Gasteiger partial charge in [0, 0.05) is 17.5 Å². The van der Waals surface area contributed by atoms with E-state index in [4.69, 9.17) is 16.3 Å². The number of hydrogen-bond acceptors (Lipinski definition) is 2. The zero-order chi connectivity index (χ0) is 16.7. The van der Waals surface area contributed by atoms with E-state index in [-0.39, 0.29) is 0 Å². The molecule has 2 aromatic rings. The zero-order valence-corrected chi connectivity index (χ0v) is 15.0. The van der Waals surface area contributed by atoms with Gasteiger partial charge in [0.05, 0.1) is 0 Å². The van der Waals surface area contributed by atoms with Gasteiger partial charge in [-0.2, -0.15) is 0 Å². The molecule has 2 aromatic carbocycles. The van der Waals surface area contributed by atoms with Crippen molar-refractivity contribution in [2.75, 3.05) is 26.2 Å². The Kier molecular flexibility index (Phi) is 6.94. The minimum Gasteiger partial charge on any atom is -0.492 e. The van der Waals surface area contributed by atoms with Crippen molar-refractivity contribution in [3.05, 3.63) is 64.7 Å². The largest absolute Gasteiger partial charge is 0.492 e. The lowest BCUT2D eigenvalue weighted by Crippen LogP contribution is -2.27. The standard InChI is InChI=1S/C20H26ClNO/c1-4-22(5-2)14-15-23-20-12-8-18(9-13-20)16(3)17-6-10-19(21)11-7-17/h6-13,16H,4-5,14-15H2,1-3H3. The Hall–Kier alpha value is -1.51. The number of hydrogen-bond donors (Lipinski definition) is 0. The van der Waals surface area contributed by atoms with Crippen molar-refractivity contribution in [2.45, 2.75) is 26.7 Å². The number of nitrogens with zero attached hydrogens (tertiary/aromatic N) is 1. The van der Waals surface area contributed by atoms with Crippen LogP contribution in [0, 0.1) is 0 Å².